The third-order valence-corrected chi connectivity index (χ3v) is 2.83. The minimum atomic E-state index is 0.205. The largest absolute Gasteiger partial charge is 0.506 e. The second-order valence-electron chi connectivity index (χ2n) is 4.48. The standard InChI is InChI=1S/C15H18N2O/c1-12(9-13-5-3-2-4-6-13)16-10-14-7-8-15(18)11-17-14/h2-8,11-12,16,18H,9-10H2,1H3. The fourth-order valence-electron chi connectivity index (χ4n) is 1.84. The lowest BCUT2D eigenvalue weighted by Crippen LogP contribution is -2.27. The van der Waals surface area contributed by atoms with Gasteiger partial charge in [0.2, 0.25) is 0 Å². The Kier molecular flexibility index (Phi) is 4.31. The van der Waals surface area contributed by atoms with Gasteiger partial charge in [-0.3, -0.25) is 4.98 Å². The minimum Gasteiger partial charge on any atom is -0.506 e. The van der Waals surface area contributed by atoms with Crippen molar-refractivity contribution in [2.75, 3.05) is 0 Å². The number of nitrogens with zero attached hydrogens (tertiary/aromatic N) is 1. The average molecular weight is 242 g/mol. The molecule has 2 aromatic rings. The molecule has 1 aromatic carbocycles. The summed E-state index contributed by atoms with van der Waals surface area (Å²) in [4.78, 5) is 4.14. The van der Waals surface area contributed by atoms with Crippen molar-refractivity contribution in [1.29, 1.82) is 0 Å². The third kappa shape index (κ3) is 3.86. The van der Waals surface area contributed by atoms with Crippen molar-refractivity contribution >= 4 is 0 Å². The zero-order chi connectivity index (χ0) is 12.8. The van der Waals surface area contributed by atoms with Crippen LogP contribution in [0.2, 0.25) is 0 Å². The van der Waals surface area contributed by atoms with Gasteiger partial charge in [-0.05, 0) is 31.0 Å². The zero-order valence-corrected chi connectivity index (χ0v) is 10.5. The monoisotopic (exact) mass is 242 g/mol. The van der Waals surface area contributed by atoms with E-state index in [1.54, 1.807) is 6.07 Å². The number of rotatable bonds is 5. The Balaban J connectivity index is 1.81. The van der Waals surface area contributed by atoms with Gasteiger partial charge in [-0.25, -0.2) is 0 Å². The summed E-state index contributed by atoms with van der Waals surface area (Å²) in [6, 6.07) is 14.3. The quantitative estimate of drug-likeness (QED) is 0.846. The lowest BCUT2D eigenvalue weighted by molar-refractivity contribution is 0.471. The maximum atomic E-state index is 9.15. The van der Waals surface area contributed by atoms with Crippen molar-refractivity contribution in [3.8, 4) is 5.75 Å². The first-order valence-electron chi connectivity index (χ1n) is 6.15. The van der Waals surface area contributed by atoms with Gasteiger partial charge in [0, 0.05) is 12.6 Å². The zero-order valence-electron chi connectivity index (χ0n) is 10.5. The molecule has 1 heterocycles. The summed E-state index contributed by atoms with van der Waals surface area (Å²) < 4.78 is 0. The fourth-order valence-corrected chi connectivity index (χ4v) is 1.84. The van der Waals surface area contributed by atoms with Crippen LogP contribution in [-0.2, 0) is 13.0 Å². The molecule has 0 radical (unpaired) electrons. The molecule has 0 saturated carbocycles. The number of nitrogens with one attached hydrogen (secondary N) is 1. The first kappa shape index (κ1) is 12.6. The van der Waals surface area contributed by atoms with E-state index in [0.717, 1.165) is 12.1 Å². The molecule has 2 rings (SSSR count). The molecule has 0 aliphatic carbocycles. The average Bonchev–Trinajstić information content (AvgIpc) is 2.39. The number of hydrogen-bond donors (Lipinski definition) is 2. The van der Waals surface area contributed by atoms with Crippen LogP contribution in [0.3, 0.4) is 0 Å². The van der Waals surface area contributed by atoms with Gasteiger partial charge < -0.3 is 10.4 Å². The van der Waals surface area contributed by atoms with Gasteiger partial charge in [0.25, 0.3) is 0 Å². The normalized spacial score (nSPS) is 12.3. The van der Waals surface area contributed by atoms with Gasteiger partial charge in [0.1, 0.15) is 5.75 Å². The molecule has 2 N–H and O–H groups in total. The molecule has 18 heavy (non-hydrogen) atoms. The van der Waals surface area contributed by atoms with E-state index in [0.29, 0.717) is 12.6 Å². The lowest BCUT2D eigenvalue weighted by Gasteiger charge is -2.13. The number of pyridine rings is 1. The van der Waals surface area contributed by atoms with Crippen LogP contribution in [0, 0.1) is 0 Å². The summed E-state index contributed by atoms with van der Waals surface area (Å²) in [7, 11) is 0. The predicted molar refractivity (Wildman–Crippen MR) is 72.3 cm³/mol. The highest BCUT2D eigenvalue weighted by atomic mass is 16.3. The van der Waals surface area contributed by atoms with E-state index in [2.05, 4.69) is 41.5 Å². The number of aromatic hydroxyl groups is 1. The van der Waals surface area contributed by atoms with Crippen LogP contribution in [0.4, 0.5) is 0 Å². The highest BCUT2D eigenvalue weighted by Crippen LogP contribution is 2.07. The van der Waals surface area contributed by atoms with Crippen LogP contribution < -0.4 is 5.32 Å². The molecular weight excluding hydrogens is 224 g/mol. The Bertz CT molecular complexity index is 468. The topological polar surface area (TPSA) is 45.1 Å². The highest BCUT2D eigenvalue weighted by Gasteiger charge is 2.03. The van der Waals surface area contributed by atoms with Crippen LogP contribution in [0.15, 0.2) is 48.7 Å². The Morgan fingerprint density at radius 1 is 1.17 bits per heavy atom. The molecule has 94 valence electrons. The van der Waals surface area contributed by atoms with Gasteiger partial charge in [-0.15, -0.1) is 0 Å². The molecule has 0 aliphatic rings. The second kappa shape index (κ2) is 6.17. The highest BCUT2D eigenvalue weighted by molar-refractivity contribution is 5.18. The summed E-state index contributed by atoms with van der Waals surface area (Å²) >= 11 is 0. The van der Waals surface area contributed by atoms with Gasteiger partial charge in [-0.2, -0.15) is 0 Å². The van der Waals surface area contributed by atoms with E-state index in [1.165, 1.54) is 11.8 Å². The minimum absolute atomic E-state index is 0.205. The van der Waals surface area contributed by atoms with Crippen LogP contribution in [-0.4, -0.2) is 16.1 Å². The summed E-state index contributed by atoms with van der Waals surface area (Å²) in [5.41, 5.74) is 2.27. The number of benzene rings is 1. The first-order chi connectivity index (χ1) is 8.74. The van der Waals surface area contributed by atoms with E-state index in [1.807, 2.05) is 12.1 Å². The maximum Gasteiger partial charge on any atom is 0.133 e. The molecule has 0 fully saturated rings. The third-order valence-electron chi connectivity index (χ3n) is 2.83. The summed E-state index contributed by atoms with van der Waals surface area (Å²) in [6.45, 7) is 2.88. The molecule has 0 aliphatic heterocycles. The Hall–Kier alpha value is -1.87. The van der Waals surface area contributed by atoms with Crippen molar-refractivity contribution in [3.63, 3.8) is 0 Å². The van der Waals surface area contributed by atoms with Crippen molar-refractivity contribution in [2.24, 2.45) is 0 Å². The Labute approximate surface area is 108 Å². The van der Waals surface area contributed by atoms with Crippen LogP contribution in [0.5, 0.6) is 5.75 Å². The van der Waals surface area contributed by atoms with E-state index in [9.17, 15) is 0 Å². The fraction of sp³-hybridized carbons (Fsp3) is 0.267. The smallest absolute Gasteiger partial charge is 0.133 e. The summed E-state index contributed by atoms with van der Waals surface area (Å²) in [5, 5.41) is 12.6. The second-order valence-corrected chi connectivity index (χ2v) is 4.48. The van der Waals surface area contributed by atoms with Gasteiger partial charge in [0.15, 0.2) is 0 Å². The Morgan fingerprint density at radius 3 is 2.61 bits per heavy atom. The molecule has 0 amide bonds. The SMILES string of the molecule is CC(Cc1ccccc1)NCc1ccc(O)cn1. The van der Waals surface area contributed by atoms with Crippen LogP contribution in [0.25, 0.3) is 0 Å². The molecule has 0 bridgehead atoms. The summed E-state index contributed by atoms with van der Waals surface area (Å²) in [6.07, 6.45) is 2.47. The van der Waals surface area contributed by atoms with Crippen molar-refractivity contribution in [1.82, 2.24) is 10.3 Å². The molecular formula is C15H18N2O. The van der Waals surface area contributed by atoms with Crippen molar-refractivity contribution in [2.45, 2.75) is 25.9 Å². The molecule has 3 nitrogen and oxygen atoms in total. The predicted octanol–water partition coefficient (Wildman–Crippen LogP) is 2.51. The van der Waals surface area contributed by atoms with Crippen LogP contribution >= 0.6 is 0 Å². The number of hydrogen-bond acceptors (Lipinski definition) is 3. The molecule has 1 unspecified atom stereocenters. The van der Waals surface area contributed by atoms with Gasteiger partial charge in [0.05, 0.1) is 11.9 Å². The molecule has 3 heteroatoms. The van der Waals surface area contributed by atoms with E-state index < -0.39 is 0 Å². The van der Waals surface area contributed by atoms with Gasteiger partial charge in [-0.1, -0.05) is 30.3 Å². The van der Waals surface area contributed by atoms with Crippen molar-refractivity contribution in [3.05, 3.63) is 59.9 Å². The molecule has 1 atom stereocenters. The lowest BCUT2D eigenvalue weighted by atomic mass is 10.1. The van der Waals surface area contributed by atoms with Gasteiger partial charge >= 0.3 is 0 Å². The maximum absolute atomic E-state index is 9.15. The Morgan fingerprint density at radius 2 is 1.94 bits per heavy atom. The first-order valence-corrected chi connectivity index (χ1v) is 6.15. The summed E-state index contributed by atoms with van der Waals surface area (Å²) in [5.74, 6) is 0.205. The van der Waals surface area contributed by atoms with E-state index in [-0.39, 0.29) is 5.75 Å². The van der Waals surface area contributed by atoms with E-state index in [4.69, 9.17) is 5.11 Å². The molecule has 0 saturated heterocycles. The molecule has 1 aromatic heterocycles. The number of aromatic nitrogens is 1. The van der Waals surface area contributed by atoms with E-state index >= 15 is 0 Å². The van der Waals surface area contributed by atoms with Crippen molar-refractivity contribution < 1.29 is 5.11 Å². The van der Waals surface area contributed by atoms with Crippen LogP contribution in [0.1, 0.15) is 18.2 Å². The molecule has 0 spiro atoms.